The highest BCUT2D eigenvalue weighted by Gasteiger charge is 2.31. The highest BCUT2D eigenvalue weighted by atomic mass is 19.4. The van der Waals surface area contributed by atoms with Crippen molar-refractivity contribution in [1.82, 2.24) is 4.90 Å². The molecular weight excluding hydrogens is 359 g/mol. The number of alkyl halides is 3. The SMILES string of the molecule is O=C(c1ccccc1)N1CCC[C@@H](OCc2cccc(OC(F)(F)F)c2)C1. The van der Waals surface area contributed by atoms with Crippen molar-refractivity contribution in [1.29, 1.82) is 0 Å². The Balaban J connectivity index is 1.55. The molecule has 0 radical (unpaired) electrons. The molecule has 1 fully saturated rings. The van der Waals surface area contributed by atoms with Crippen molar-refractivity contribution < 1.29 is 27.4 Å². The third-order valence-corrected chi connectivity index (χ3v) is 4.30. The molecule has 1 atom stereocenters. The van der Waals surface area contributed by atoms with Gasteiger partial charge >= 0.3 is 6.36 Å². The highest BCUT2D eigenvalue weighted by molar-refractivity contribution is 5.94. The van der Waals surface area contributed by atoms with Crippen molar-refractivity contribution in [2.75, 3.05) is 13.1 Å². The lowest BCUT2D eigenvalue weighted by atomic mass is 10.1. The first kappa shape index (κ1) is 19.2. The van der Waals surface area contributed by atoms with E-state index in [0.717, 1.165) is 12.8 Å². The average molecular weight is 379 g/mol. The van der Waals surface area contributed by atoms with Gasteiger partial charge in [0, 0.05) is 18.7 Å². The zero-order chi connectivity index (χ0) is 19.3. The van der Waals surface area contributed by atoms with E-state index in [0.29, 0.717) is 24.2 Å². The van der Waals surface area contributed by atoms with Gasteiger partial charge in [0.2, 0.25) is 0 Å². The Morgan fingerprint density at radius 1 is 1.11 bits per heavy atom. The molecule has 27 heavy (non-hydrogen) atoms. The minimum Gasteiger partial charge on any atom is -0.406 e. The summed E-state index contributed by atoms with van der Waals surface area (Å²) in [5.74, 6) is -0.308. The number of halogens is 3. The van der Waals surface area contributed by atoms with Crippen LogP contribution < -0.4 is 4.74 Å². The summed E-state index contributed by atoms with van der Waals surface area (Å²) in [6, 6.07) is 14.8. The fourth-order valence-corrected chi connectivity index (χ4v) is 3.07. The van der Waals surface area contributed by atoms with E-state index in [9.17, 15) is 18.0 Å². The number of likely N-dealkylation sites (tertiary alicyclic amines) is 1. The van der Waals surface area contributed by atoms with Crippen LogP contribution in [0.5, 0.6) is 5.75 Å². The van der Waals surface area contributed by atoms with Gasteiger partial charge in [-0.1, -0.05) is 30.3 Å². The summed E-state index contributed by atoms with van der Waals surface area (Å²) in [4.78, 5) is 14.3. The van der Waals surface area contributed by atoms with E-state index in [4.69, 9.17) is 4.74 Å². The maximum atomic E-state index is 12.5. The average Bonchev–Trinajstić information content (AvgIpc) is 2.66. The van der Waals surface area contributed by atoms with Gasteiger partial charge in [0.15, 0.2) is 0 Å². The third-order valence-electron chi connectivity index (χ3n) is 4.30. The molecule has 3 rings (SSSR count). The smallest absolute Gasteiger partial charge is 0.406 e. The normalized spacial score (nSPS) is 17.6. The Morgan fingerprint density at radius 3 is 2.63 bits per heavy atom. The minimum absolute atomic E-state index is 0.0375. The summed E-state index contributed by atoms with van der Waals surface area (Å²) < 4.78 is 46.7. The van der Waals surface area contributed by atoms with Gasteiger partial charge in [0.1, 0.15) is 5.75 Å². The van der Waals surface area contributed by atoms with Crippen LogP contribution in [0.2, 0.25) is 0 Å². The van der Waals surface area contributed by atoms with Crippen LogP contribution in [-0.4, -0.2) is 36.4 Å². The van der Waals surface area contributed by atoms with Crippen LogP contribution in [0.4, 0.5) is 13.2 Å². The van der Waals surface area contributed by atoms with Gasteiger partial charge in [-0.15, -0.1) is 13.2 Å². The molecule has 1 amide bonds. The first-order valence-corrected chi connectivity index (χ1v) is 8.71. The van der Waals surface area contributed by atoms with E-state index < -0.39 is 6.36 Å². The zero-order valence-electron chi connectivity index (χ0n) is 14.6. The predicted molar refractivity (Wildman–Crippen MR) is 93.3 cm³/mol. The van der Waals surface area contributed by atoms with Crippen LogP contribution in [0.3, 0.4) is 0 Å². The van der Waals surface area contributed by atoms with Gasteiger partial charge in [-0.25, -0.2) is 0 Å². The molecule has 1 saturated heterocycles. The molecule has 7 heteroatoms. The maximum Gasteiger partial charge on any atom is 0.573 e. The first-order chi connectivity index (χ1) is 12.9. The number of rotatable bonds is 5. The summed E-state index contributed by atoms with van der Waals surface area (Å²) in [7, 11) is 0. The predicted octanol–water partition coefficient (Wildman–Crippen LogP) is 4.41. The zero-order valence-corrected chi connectivity index (χ0v) is 14.6. The van der Waals surface area contributed by atoms with Crippen LogP contribution in [-0.2, 0) is 11.3 Å². The lowest BCUT2D eigenvalue weighted by Crippen LogP contribution is -2.43. The van der Waals surface area contributed by atoms with Gasteiger partial charge in [0.05, 0.1) is 12.7 Å². The lowest BCUT2D eigenvalue weighted by molar-refractivity contribution is -0.274. The van der Waals surface area contributed by atoms with Crippen LogP contribution >= 0.6 is 0 Å². The van der Waals surface area contributed by atoms with Crippen molar-refractivity contribution in [3.8, 4) is 5.75 Å². The number of benzene rings is 2. The number of carbonyl (C=O) groups excluding carboxylic acids is 1. The van der Waals surface area contributed by atoms with E-state index in [2.05, 4.69) is 4.74 Å². The monoisotopic (exact) mass is 379 g/mol. The molecule has 0 aliphatic carbocycles. The third kappa shape index (κ3) is 5.72. The van der Waals surface area contributed by atoms with Crippen molar-refractivity contribution in [3.05, 3.63) is 65.7 Å². The summed E-state index contributed by atoms with van der Waals surface area (Å²) in [5, 5.41) is 0. The van der Waals surface area contributed by atoms with Gasteiger partial charge in [-0.05, 0) is 42.7 Å². The summed E-state index contributed by atoms with van der Waals surface area (Å²) >= 11 is 0. The standard InChI is InChI=1S/C20H20F3NO3/c21-20(22,23)27-17-9-4-6-15(12-17)14-26-18-10-5-11-24(13-18)19(25)16-7-2-1-3-8-16/h1-4,6-9,12,18H,5,10-11,13-14H2/t18-/m1/s1. The summed E-state index contributed by atoms with van der Waals surface area (Å²) in [5.41, 5.74) is 1.22. The Bertz CT molecular complexity index is 765. The fourth-order valence-electron chi connectivity index (χ4n) is 3.07. The Kier molecular flexibility index (Phi) is 6.01. The number of hydrogen-bond acceptors (Lipinski definition) is 3. The maximum absolute atomic E-state index is 12.5. The van der Waals surface area contributed by atoms with Gasteiger partial charge in [-0.2, -0.15) is 0 Å². The summed E-state index contributed by atoms with van der Waals surface area (Å²) in [6.07, 6.45) is -3.25. The molecule has 0 bridgehead atoms. The molecule has 2 aromatic rings. The Labute approximate surface area is 155 Å². The second kappa shape index (κ2) is 8.43. The lowest BCUT2D eigenvalue weighted by Gasteiger charge is -2.32. The van der Waals surface area contributed by atoms with Crippen molar-refractivity contribution in [2.45, 2.75) is 31.9 Å². The number of ether oxygens (including phenoxy) is 2. The molecule has 144 valence electrons. The van der Waals surface area contributed by atoms with Crippen molar-refractivity contribution >= 4 is 5.91 Å². The van der Waals surface area contributed by atoms with E-state index in [1.54, 1.807) is 23.1 Å². The Hall–Kier alpha value is -2.54. The number of hydrogen-bond donors (Lipinski definition) is 0. The summed E-state index contributed by atoms with van der Waals surface area (Å²) in [6.45, 7) is 1.29. The van der Waals surface area contributed by atoms with Gasteiger partial charge in [0.25, 0.3) is 5.91 Å². The van der Waals surface area contributed by atoms with Crippen LogP contribution in [0.15, 0.2) is 54.6 Å². The first-order valence-electron chi connectivity index (χ1n) is 8.71. The number of nitrogens with zero attached hydrogens (tertiary/aromatic N) is 1. The molecular formula is C20H20F3NO3. The number of piperidine rings is 1. The van der Waals surface area contributed by atoms with Crippen LogP contribution in [0, 0.1) is 0 Å². The largest absolute Gasteiger partial charge is 0.573 e. The van der Waals surface area contributed by atoms with Crippen molar-refractivity contribution in [3.63, 3.8) is 0 Å². The highest BCUT2D eigenvalue weighted by Crippen LogP contribution is 2.24. The molecule has 0 spiro atoms. The topological polar surface area (TPSA) is 38.8 Å². The minimum atomic E-state index is -4.72. The van der Waals surface area contributed by atoms with Gasteiger partial charge in [-0.3, -0.25) is 4.79 Å². The van der Waals surface area contributed by atoms with Gasteiger partial charge < -0.3 is 14.4 Å². The molecule has 2 aromatic carbocycles. The van der Waals surface area contributed by atoms with E-state index in [1.165, 1.54) is 18.2 Å². The quantitative estimate of drug-likeness (QED) is 0.773. The molecule has 4 nitrogen and oxygen atoms in total. The van der Waals surface area contributed by atoms with E-state index in [-0.39, 0.29) is 24.4 Å². The second-order valence-corrected chi connectivity index (χ2v) is 6.39. The van der Waals surface area contributed by atoms with Crippen LogP contribution in [0.1, 0.15) is 28.8 Å². The number of amides is 1. The van der Waals surface area contributed by atoms with E-state index >= 15 is 0 Å². The molecule has 1 aliphatic heterocycles. The molecule has 1 heterocycles. The molecule has 0 aromatic heterocycles. The van der Waals surface area contributed by atoms with E-state index in [1.807, 2.05) is 18.2 Å². The molecule has 1 aliphatic rings. The van der Waals surface area contributed by atoms with Crippen molar-refractivity contribution in [2.24, 2.45) is 0 Å². The molecule has 0 unspecified atom stereocenters. The second-order valence-electron chi connectivity index (χ2n) is 6.39. The molecule has 0 saturated carbocycles. The Morgan fingerprint density at radius 2 is 1.89 bits per heavy atom. The number of carbonyl (C=O) groups is 1. The fraction of sp³-hybridized carbons (Fsp3) is 0.350. The molecule has 0 N–H and O–H groups in total. The van der Waals surface area contributed by atoms with Crippen LogP contribution in [0.25, 0.3) is 0 Å².